The second-order valence-corrected chi connectivity index (χ2v) is 4.92. The number of rotatable bonds is 4. The van der Waals surface area contributed by atoms with E-state index in [0.29, 0.717) is 15.8 Å². The lowest BCUT2D eigenvalue weighted by Gasteiger charge is -2.15. The molecule has 5 nitrogen and oxygen atoms in total. The maximum Gasteiger partial charge on any atom is 0.146 e. The van der Waals surface area contributed by atoms with Gasteiger partial charge in [-0.15, -0.1) is 5.10 Å². The fourth-order valence-corrected chi connectivity index (χ4v) is 1.96. The first-order valence-electron chi connectivity index (χ1n) is 5.62. The second-order valence-electron chi connectivity index (χ2n) is 4.07. The van der Waals surface area contributed by atoms with E-state index in [0.717, 1.165) is 5.56 Å². The zero-order valence-electron chi connectivity index (χ0n) is 10.4. The molecule has 0 radical (unpaired) electrons. The van der Waals surface area contributed by atoms with E-state index in [1.54, 1.807) is 24.4 Å². The summed E-state index contributed by atoms with van der Waals surface area (Å²) in [5.74, 6) is 0.573. The topological polar surface area (TPSA) is 52.8 Å². The van der Waals surface area contributed by atoms with Crippen molar-refractivity contribution < 1.29 is 4.74 Å². The zero-order valence-corrected chi connectivity index (χ0v) is 11.9. The Hall–Kier alpha value is -1.59. The molecule has 0 aliphatic carbocycles. The van der Waals surface area contributed by atoms with Gasteiger partial charge in [-0.1, -0.05) is 23.2 Å². The number of ether oxygens (including phenoxy) is 1. The van der Waals surface area contributed by atoms with Gasteiger partial charge in [-0.2, -0.15) is 0 Å². The van der Waals surface area contributed by atoms with Crippen LogP contribution in [0.1, 0.15) is 19.4 Å². The number of aromatic nitrogens is 4. The van der Waals surface area contributed by atoms with E-state index in [1.165, 1.54) is 11.0 Å². The smallest absolute Gasteiger partial charge is 0.146 e. The Morgan fingerprint density at radius 2 is 2.16 bits per heavy atom. The molecule has 100 valence electrons. The zero-order chi connectivity index (χ0) is 13.8. The fraction of sp³-hybridized carbons (Fsp3) is 0.250. The molecule has 0 spiro atoms. The van der Waals surface area contributed by atoms with E-state index >= 15 is 0 Å². The average Bonchev–Trinajstić information content (AvgIpc) is 2.80. The second kappa shape index (κ2) is 6.04. The van der Waals surface area contributed by atoms with Crippen LogP contribution in [0.25, 0.3) is 12.0 Å². The van der Waals surface area contributed by atoms with Gasteiger partial charge in [-0.05, 0) is 42.5 Å². The Morgan fingerprint density at radius 3 is 2.74 bits per heavy atom. The van der Waals surface area contributed by atoms with Crippen LogP contribution in [0.3, 0.4) is 0 Å². The van der Waals surface area contributed by atoms with Crippen LogP contribution in [0.15, 0.2) is 24.5 Å². The summed E-state index contributed by atoms with van der Waals surface area (Å²) in [7, 11) is 0. The molecule has 2 rings (SSSR count). The standard InChI is InChI=1S/C12H12Cl2N4O/c1-8(2)19-12(6-18-7-15-16-17-18)10-4-3-9(13)5-11(10)14/h3-8H,1-2H3/b12-6-. The Morgan fingerprint density at radius 1 is 1.37 bits per heavy atom. The van der Waals surface area contributed by atoms with Gasteiger partial charge in [0.05, 0.1) is 17.3 Å². The molecule has 0 N–H and O–H groups in total. The normalized spacial score (nSPS) is 11.9. The maximum atomic E-state index is 6.18. The van der Waals surface area contributed by atoms with Crippen molar-refractivity contribution in [1.29, 1.82) is 0 Å². The predicted octanol–water partition coefficient (Wildman–Crippen LogP) is 3.36. The maximum absolute atomic E-state index is 6.18. The van der Waals surface area contributed by atoms with E-state index in [4.69, 9.17) is 27.9 Å². The average molecular weight is 299 g/mol. The number of hydrogen-bond donors (Lipinski definition) is 0. The molecule has 0 aliphatic rings. The van der Waals surface area contributed by atoms with Crippen molar-refractivity contribution in [1.82, 2.24) is 20.2 Å². The van der Waals surface area contributed by atoms with Gasteiger partial charge in [0.15, 0.2) is 0 Å². The molecule has 0 amide bonds. The molecule has 1 aromatic carbocycles. The first kappa shape index (κ1) is 13.8. The first-order valence-corrected chi connectivity index (χ1v) is 6.38. The minimum atomic E-state index is -0.00512. The van der Waals surface area contributed by atoms with Crippen molar-refractivity contribution in [3.63, 3.8) is 0 Å². The molecule has 0 unspecified atom stereocenters. The lowest BCUT2D eigenvalue weighted by atomic mass is 10.2. The van der Waals surface area contributed by atoms with Crippen molar-refractivity contribution in [2.45, 2.75) is 20.0 Å². The van der Waals surface area contributed by atoms with Gasteiger partial charge in [-0.25, -0.2) is 4.68 Å². The van der Waals surface area contributed by atoms with E-state index < -0.39 is 0 Å². The van der Waals surface area contributed by atoms with Gasteiger partial charge in [-0.3, -0.25) is 0 Å². The third kappa shape index (κ3) is 3.68. The molecule has 7 heteroatoms. The molecule has 0 fully saturated rings. The fourth-order valence-electron chi connectivity index (χ4n) is 1.45. The van der Waals surface area contributed by atoms with E-state index in [-0.39, 0.29) is 6.10 Å². The molecule has 0 aliphatic heterocycles. The number of halogens is 2. The van der Waals surface area contributed by atoms with Crippen LogP contribution in [0.2, 0.25) is 10.0 Å². The molecule has 1 heterocycles. The van der Waals surface area contributed by atoms with Crippen LogP contribution in [0.5, 0.6) is 0 Å². The summed E-state index contributed by atoms with van der Waals surface area (Å²) in [6.07, 6.45) is 3.12. The van der Waals surface area contributed by atoms with E-state index in [2.05, 4.69) is 15.5 Å². The molecule has 2 aromatic rings. The molecular formula is C12H12Cl2N4O. The number of hydrogen-bond acceptors (Lipinski definition) is 4. The molecule has 0 saturated carbocycles. The Bertz CT molecular complexity index is 581. The van der Waals surface area contributed by atoms with Gasteiger partial charge in [0.1, 0.15) is 12.1 Å². The summed E-state index contributed by atoms with van der Waals surface area (Å²) in [5.41, 5.74) is 0.732. The monoisotopic (exact) mass is 298 g/mol. The highest BCUT2D eigenvalue weighted by Gasteiger charge is 2.11. The highest BCUT2D eigenvalue weighted by atomic mass is 35.5. The molecule has 19 heavy (non-hydrogen) atoms. The van der Waals surface area contributed by atoms with Crippen molar-refractivity contribution in [2.75, 3.05) is 0 Å². The summed E-state index contributed by atoms with van der Waals surface area (Å²) < 4.78 is 7.19. The van der Waals surface area contributed by atoms with Crippen molar-refractivity contribution in [2.24, 2.45) is 0 Å². The van der Waals surface area contributed by atoms with Crippen LogP contribution < -0.4 is 0 Å². The van der Waals surface area contributed by atoms with E-state index in [9.17, 15) is 0 Å². The quantitative estimate of drug-likeness (QED) is 0.812. The number of tetrazole rings is 1. The number of nitrogens with zero attached hydrogens (tertiary/aromatic N) is 4. The summed E-state index contributed by atoms with van der Waals surface area (Å²) >= 11 is 12.1. The Balaban J connectivity index is 2.42. The molecule has 0 bridgehead atoms. The first-order chi connectivity index (χ1) is 9.06. The lowest BCUT2D eigenvalue weighted by Crippen LogP contribution is -2.04. The largest absolute Gasteiger partial charge is 0.489 e. The highest BCUT2D eigenvalue weighted by molar-refractivity contribution is 6.35. The van der Waals surface area contributed by atoms with Crippen molar-refractivity contribution >= 4 is 35.2 Å². The molecule has 0 saturated heterocycles. The SMILES string of the molecule is CC(C)O/C(=C\n1cnnn1)c1ccc(Cl)cc1Cl. The lowest BCUT2D eigenvalue weighted by molar-refractivity contribution is 0.205. The predicted molar refractivity (Wildman–Crippen MR) is 74.7 cm³/mol. The van der Waals surface area contributed by atoms with Gasteiger partial charge in [0, 0.05) is 10.6 Å². The van der Waals surface area contributed by atoms with Crippen molar-refractivity contribution in [3.8, 4) is 0 Å². The van der Waals surface area contributed by atoms with E-state index in [1.807, 2.05) is 13.8 Å². The third-order valence-corrected chi connectivity index (χ3v) is 2.72. The van der Waals surface area contributed by atoms with Gasteiger partial charge >= 0.3 is 0 Å². The van der Waals surface area contributed by atoms with Crippen LogP contribution in [-0.4, -0.2) is 26.3 Å². The van der Waals surface area contributed by atoms with Crippen LogP contribution in [0, 0.1) is 0 Å². The summed E-state index contributed by atoms with van der Waals surface area (Å²) in [4.78, 5) is 0. The van der Waals surface area contributed by atoms with Crippen molar-refractivity contribution in [3.05, 3.63) is 40.1 Å². The molecular weight excluding hydrogens is 287 g/mol. The summed E-state index contributed by atoms with van der Waals surface area (Å²) in [6, 6.07) is 5.21. The summed E-state index contributed by atoms with van der Waals surface area (Å²) in [6.45, 7) is 3.86. The van der Waals surface area contributed by atoms with Crippen LogP contribution >= 0.6 is 23.2 Å². The third-order valence-electron chi connectivity index (χ3n) is 2.17. The highest BCUT2D eigenvalue weighted by Crippen LogP contribution is 2.28. The molecule has 1 aromatic heterocycles. The minimum absolute atomic E-state index is 0.00512. The van der Waals surface area contributed by atoms with Crippen LogP contribution in [0.4, 0.5) is 0 Å². The van der Waals surface area contributed by atoms with Gasteiger partial charge in [0.25, 0.3) is 0 Å². The van der Waals surface area contributed by atoms with Gasteiger partial charge in [0.2, 0.25) is 0 Å². The minimum Gasteiger partial charge on any atom is -0.489 e. The summed E-state index contributed by atoms with van der Waals surface area (Å²) in [5, 5.41) is 12.0. The Kier molecular flexibility index (Phi) is 4.39. The van der Waals surface area contributed by atoms with Gasteiger partial charge < -0.3 is 4.74 Å². The molecule has 0 atom stereocenters. The Labute approximate surface area is 120 Å². The number of benzene rings is 1. The van der Waals surface area contributed by atoms with Crippen LogP contribution in [-0.2, 0) is 4.74 Å².